The fourth-order valence-electron chi connectivity index (χ4n) is 2.95. The van der Waals surface area contributed by atoms with Crippen LogP contribution in [0.4, 0.5) is 4.79 Å². The summed E-state index contributed by atoms with van der Waals surface area (Å²) in [4.78, 5) is 16.3. The van der Waals surface area contributed by atoms with E-state index in [0.29, 0.717) is 12.1 Å². The second-order valence-electron chi connectivity index (χ2n) is 5.51. The highest BCUT2D eigenvalue weighted by Crippen LogP contribution is 2.22. The molecule has 4 heteroatoms. The Morgan fingerprint density at radius 1 is 1.12 bits per heavy atom. The fraction of sp³-hybridized carbons (Fsp3) is 0.923. The van der Waals surface area contributed by atoms with Gasteiger partial charge in [0, 0.05) is 32.2 Å². The third-order valence-electron chi connectivity index (χ3n) is 4.22. The summed E-state index contributed by atoms with van der Waals surface area (Å²) in [5, 5.41) is 0. The number of likely N-dealkylation sites (tertiary alicyclic amines) is 1. The van der Waals surface area contributed by atoms with Crippen LogP contribution in [0.2, 0.25) is 0 Å². The standard InChI is InChI=1S/C13H25N3O/c1-15(12-7-5-11(14)6-8-12)13(17)16-9-3-2-4-10-16/h11-12H,2-10,14H2,1H3. The van der Waals surface area contributed by atoms with Crippen LogP contribution in [0.3, 0.4) is 0 Å². The molecule has 1 aliphatic heterocycles. The van der Waals surface area contributed by atoms with Gasteiger partial charge in [0.15, 0.2) is 0 Å². The summed E-state index contributed by atoms with van der Waals surface area (Å²) >= 11 is 0. The Morgan fingerprint density at radius 2 is 1.71 bits per heavy atom. The van der Waals surface area contributed by atoms with Gasteiger partial charge in [-0.3, -0.25) is 0 Å². The van der Waals surface area contributed by atoms with Gasteiger partial charge in [0.1, 0.15) is 0 Å². The maximum Gasteiger partial charge on any atom is 0.319 e. The van der Waals surface area contributed by atoms with Gasteiger partial charge in [-0.1, -0.05) is 0 Å². The van der Waals surface area contributed by atoms with Crippen molar-refractivity contribution in [3.63, 3.8) is 0 Å². The second kappa shape index (κ2) is 5.71. The molecule has 17 heavy (non-hydrogen) atoms. The molecule has 0 unspecified atom stereocenters. The summed E-state index contributed by atoms with van der Waals surface area (Å²) < 4.78 is 0. The number of nitrogens with zero attached hydrogens (tertiary/aromatic N) is 2. The normalized spacial score (nSPS) is 30.1. The highest BCUT2D eigenvalue weighted by molar-refractivity contribution is 5.74. The lowest BCUT2D eigenvalue weighted by molar-refractivity contribution is 0.125. The molecule has 0 spiro atoms. The molecule has 0 radical (unpaired) electrons. The largest absolute Gasteiger partial charge is 0.328 e. The zero-order valence-electron chi connectivity index (χ0n) is 10.9. The van der Waals surface area contributed by atoms with Crippen LogP contribution in [0.1, 0.15) is 44.9 Å². The predicted molar refractivity (Wildman–Crippen MR) is 68.8 cm³/mol. The van der Waals surface area contributed by atoms with Crippen LogP contribution in [0.5, 0.6) is 0 Å². The first-order valence-electron chi connectivity index (χ1n) is 6.96. The number of carbonyl (C=O) groups is 1. The number of carbonyl (C=O) groups excluding carboxylic acids is 1. The van der Waals surface area contributed by atoms with Crippen LogP contribution < -0.4 is 5.73 Å². The zero-order valence-corrected chi connectivity index (χ0v) is 10.9. The molecule has 1 heterocycles. The summed E-state index contributed by atoms with van der Waals surface area (Å²) in [6.07, 6.45) is 7.84. The molecule has 1 saturated heterocycles. The van der Waals surface area contributed by atoms with E-state index in [1.54, 1.807) is 0 Å². The van der Waals surface area contributed by atoms with Crippen molar-refractivity contribution in [3.05, 3.63) is 0 Å². The van der Waals surface area contributed by atoms with E-state index < -0.39 is 0 Å². The lowest BCUT2D eigenvalue weighted by Gasteiger charge is -2.37. The molecule has 0 aromatic carbocycles. The van der Waals surface area contributed by atoms with Gasteiger partial charge < -0.3 is 15.5 Å². The third-order valence-corrected chi connectivity index (χ3v) is 4.22. The van der Waals surface area contributed by atoms with E-state index >= 15 is 0 Å². The van der Waals surface area contributed by atoms with Gasteiger partial charge >= 0.3 is 6.03 Å². The van der Waals surface area contributed by atoms with Gasteiger partial charge in [-0.05, 0) is 44.9 Å². The molecule has 0 bridgehead atoms. The minimum absolute atomic E-state index is 0.227. The molecule has 2 rings (SSSR count). The van der Waals surface area contributed by atoms with Crippen molar-refractivity contribution in [2.45, 2.75) is 57.0 Å². The van der Waals surface area contributed by atoms with E-state index in [4.69, 9.17) is 5.73 Å². The maximum atomic E-state index is 12.3. The smallest absolute Gasteiger partial charge is 0.319 e. The van der Waals surface area contributed by atoms with Crippen molar-refractivity contribution in [1.82, 2.24) is 9.80 Å². The van der Waals surface area contributed by atoms with Gasteiger partial charge in [-0.15, -0.1) is 0 Å². The van der Waals surface area contributed by atoms with Crippen LogP contribution in [0.15, 0.2) is 0 Å². The lowest BCUT2D eigenvalue weighted by atomic mass is 9.91. The average molecular weight is 239 g/mol. The summed E-state index contributed by atoms with van der Waals surface area (Å²) in [6.45, 7) is 1.88. The molecule has 98 valence electrons. The predicted octanol–water partition coefficient (Wildman–Crippen LogP) is 1.79. The van der Waals surface area contributed by atoms with E-state index in [9.17, 15) is 4.79 Å². The zero-order chi connectivity index (χ0) is 12.3. The number of rotatable bonds is 1. The van der Waals surface area contributed by atoms with Crippen LogP contribution in [-0.4, -0.2) is 48.1 Å². The quantitative estimate of drug-likeness (QED) is 0.758. The number of urea groups is 1. The Balaban J connectivity index is 1.85. The molecular weight excluding hydrogens is 214 g/mol. The number of hydrogen-bond acceptors (Lipinski definition) is 2. The summed E-state index contributed by atoms with van der Waals surface area (Å²) in [5.41, 5.74) is 5.90. The van der Waals surface area contributed by atoms with Crippen molar-refractivity contribution in [2.75, 3.05) is 20.1 Å². The topological polar surface area (TPSA) is 49.6 Å². The summed E-state index contributed by atoms with van der Waals surface area (Å²) in [7, 11) is 1.96. The molecule has 0 aromatic heterocycles. The maximum absolute atomic E-state index is 12.3. The summed E-state index contributed by atoms with van der Waals surface area (Å²) in [5.74, 6) is 0. The Hall–Kier alpha value is -0.770. The van der Waals surface area contributed by atoms with Gasteiger partial charge in [0.2, 0.25) is 0 Å². The van der Waals surface area contributed by atoms with Crippen LogP contribution in [-0.2, 0) is 0 Å². The minimum atomic E-state index is 0.227. The molecule has 2 amide bonds. The number of hydrogen-bond donors (Lipinski definition) is 1. The van der Waals surface area contributed by atoms with Crippen LogP contribution >= 0.6 is 0 Å². The Labute approximate surface area is 104 Å². The third kappa shape index (κ3) is 3.12. The molecular formula is C13H25N3O. The first kappa shape index (κ1) is 12.7. The molecule has 0 atom stereocenters. The van der Waals surface area contributed by atoms with Crippen molar-refractivity contribution in [3.8, 4) is 0 Å². The van der Waals surface area contributed by atoms with E-state index in [0.717, 1.165) is 51.6 Å². The van der Waals surface area contributed by atoms with Gasteiger partial charge in [-0.2, -0.15) is 0 Å². The average Bonchev–Trinajstić information content (AvgIpc) is 2.39. The van der Waals surface area contributed by atoms with Crippen LogP contribution in [0, 0.1) is 0 Å². The van der Waals surface area contributed by atoms with Crippen LogP contribution in [0.25, 0.3) is 0 Å². The lowest BCUT2D eigenvalue weighted by Crippen LogP contribution is -2.49. The molecule has 0 aromatic rings. The van der Waals surface area contributed by atoms with Crippen molar-refractivity contribution >= 4 is 6.03 Å². The molecule has 1 aliphatic carbocycles. The van der Waals surface area contributed by atoms with Gasteiger partial charge in [0.25, 0.3) is 0 Å². The SMILES string of the molecule is CN(C(=O)N1CCCCC1)C1CCC(N)CC1. The van der Waals surface area contributed by atoms with E-state index in [2.05, 4.69) is 0 Å². The molecule has 1 saturated carbocycles. The number of amides is 2. The molecule has 2 aliphatic rings. The Kier molecular flexibility index (Phi) is 4.26. The molecule has 2 fully saturated rings. The molecule has 2 N–H and O–H groups in total. The Bertz CT molecular complexity index is 255. The first-order valence-corrected chi connectivity index (χ1v) is 6.96. The number of piperidine rings is 1. The highest BCUT2D eigenvalue weighted by atomic mass is 16.2. The summed E-state index contributed by atoms with van der Waals surface area (Å²) in [6, 6.07) is 0.985. The second-order valence-corrected chi connectivity index (χ2v) is 5.51. The van der Waals surface area contributed by atoms with Crippen molar-refractivity contribution < 1.29 is 4.79 Å². The molecule has 4 nitrogen and oxygen atoms in total. The first-order chi connectivity index (χ1) is 8.18. The van der Waals surface area contributed by atoms with E-state index in [1.165, 1.54) is 6.42 Å². The van der Waals surface area contributed by atoms with E-state index in [-0.39, 0.29) is 6.03 Å². The van der Waals surface area contributed by atoms with Crippen molar-refractivity contribution in [2.24, 2.45) is 5.73 Å². The fourth-order valence-corrected chi connectivity index (χ4v) is 2.95. The number of nitrogens with two attached hydrogens (primary N) is 1. The highest BCUT2D eigenvalue weighted by Gasteiger charge is 2.28. The minimum Gasteiger partial charge on any atom is -0.328 e. The Morgan fingerprint density at radius 3 is 2.29 bits per heavy atom. The monoisotopic (exact) mass is 239 g/mol. The van der Waals surface area contributed by atoms with Gasteiger partial charge in [-0.25, -0.2) is 4.79 Å². The van der Waals surface area contributed by atoms with Gasteiger partial charge in [0.05, 0.1) is 0 Å². The van der Waals surface area contributed by atoms with E-state index in [1.807, 2.05) is 16.8 Å². The van der Waals surface area contributed by atoms with Crippen molar-refractivity contribution in [1.29, 1.82) is 0 Å².